The fraction of sp³-hybridized carbons (Fsp3) is 0.0682. The van der Waals surface area contributed by atoms with E-state index in [0.717, 1.165) is 72.6 Å². The third kappa shape index (κ3) is 6.39. The predicted molar refractivity (Wildman–Crippen MR) is 198 cm³/mol. The van der Waals surface area contributed by atoms with Crippen LogP contribution in [-0.4, -0.2) is 19.5 Å². The standard InChI is InChI=1S/C33H24N3O.C11H8N.Ir/c1-21(2)23-16-17-34-28(18-23)26-15-9-14-25-27-19-30-29(20-31(27)37-32(25)26)35-33(22-10-5-3-6-11-22)36(30)24-12-7-4-8-13-24;1-2-6-10(7-3-1)11-8-4-5-9-12-11;/h3-14,16-21H,1-2H3;1-6,8-9H;/q2*-1;. The Kier molecular flexibility index (Phi) is 9.48. The third-order valence-corrected chi connectivity index (χ3v) is 8.61. The number of benzene rings is 5. The topological polar surface area (TPSA) is 56.7 Å². The van der Waals surface area contributed by atoms with E-state index >= 15 is 0 Å². The number of para-hydroxylation sites is 1. The SMILES string of the molecule is CC(C)c1ccnc(-c2[c-]ccc3c2oc2cc4nc(-c5ccccc5)n(-c5ccccc5)c4cc23)c1.[Ir].[c-]1ccccc1-c1ccccn1. The van der Waals surface area contributed by atoms with Gasteiger partial charge in [0.05, 0.1) is 16.6 Å². The first-order valence-electron chi connectivity index (χ1n) is 16.4. The van der Waals surface area contributed by atoms with Gasteiger partial charge < -0.3 is 14.4 Å². The summed E-state index contributed by atoms with van der Waals surface area (Å²) in [6, 6.07) is 53.4. The van der Waals surface area contributed by atoms with Crippen molar-refractivity contribution in [3.05, 3.63) is 170 Å². The molecule has 6 heteroatoms. The average Bonchev–Trinajstić information content (AvgIpc) is 3.73. The van der Waals surface area contributed by atoms with Crippen molar-refractivity contribution < 1.29 is 24.5 Å². The summed E-state index contributed by atoms with van der Waals surface area (Å²) in [5.41, 5.74) is 10.7. The molecule has 5 aromatic carbocycles. The molecule has 0 amide bonds. The van der Waals surface area contributed by atoms with Gasteiger partial charge in [-0.3, -0.25) is 4.57 Å². The zero-order valence-electron chi connectivity index (χ0n) is 27.5. The van der Waals surface area contributed by atoms with Crippen LogP contribution < -0.4 is 0 Å². The van der Waals surface area contributed by atoms with Gasteiger partial charge >= 0.3 is 0 Å². The van der Waals surface area contributed by atoms with Crippen molar-refractivity contribution >= 4 is 33.0 Å². The molecule has 0 atom stereocenters. The molecule has 50 heavy (non-hydrogen) atoms. The molecule has 0 saturated carbocycles. The maximum atomic E-state index is 6.49. The van der Waals surface area contributed by atoms with Gasteiger partial charge in [0.1, 0.15) is 11.4 Å². The van der Waals surface area contributed by atoms with E-state index in [2.05, 4.69) is 107 Å². The Bertz CT molecular complexity index is 2470. The Morgan fingerprint density at radius 1 is 0.660 bits per heavy atom. The largest absolute Gasteiger partial charge is 0.501 e. The minimum atomic E-state index is 0. The molecule has 1 radical (unpaired) electrons. The molecule has 245 valence electrons. The minimum absolute atomic E-state index is 0. The number of hydrogen-bond acceptors (Lipinski definition) is 4. The van der Waals surface area contributed by atoms with Crippen LogP contribution in [0.5, 0.6) is 0 Å². The molecule has 0 aliphatic rings. The van der Waals surface area contributed by atoms with Crippen LogP contribution >= 0.6 is 0 Å². The van der Waals surface area contributed by atoms with E-state index in [1.807, 2.05) is 79.0 Å². The molecule has 0 bridgehead atoms. The maximum Gasteiger partial charge on any atom is 0.145 e. The molecule has 0 N–H and O–H groups in total. The number of furan rings is 1. The Balaban J connectivity index is 0.000000255. The van der Waals surface area contributed by atoms with Crippen molar-refractivity contribution in [2.45, 2.75) is 19.8 Å². The molecule has 4 heterocycles. The molecule has 9 rings (SSSR count). The molecule has 9 aromatic rings. The summed E-state index contributed by atoms with van der Waals surface area (Å²) >= 11 is 0. The molecule has 0 aliphatic carbocycles. The van der Waals surface area contributed by atoms with Gasteiger partial charge in [-0.1, -0.05) is 97.1 Å². The van der Waals surface area contributed by atoms with Crippen LogP contribution in [0, 0.1) is 12.1 Å². The molecular weight excluding hydrogens is 793 g/mol. The van der Waals surface area contributed by atoms with Crippen molar-refractivity contribution in [2.24, 2.45) is 0 Å². The number of nitrogens with zero attached hydrogens (tertiary/aromatic N) is 4. The first-order chi connectivity index (χ1) is 24.1. The number of aromatic nitrogens is 4. The molecule has 0 spiro atoms. The number of hydrogen-bond donors (Lipinski definition) is 0. The summed E-state index contributed by atoms with van der Waals surface area (Å²) < 4.78 is 8.72. The van der Waals surface area contributed by atoms with Gasteiger partial charge in [-0.15, -0.1) is 54.1 Å². The smallest absolute Gasteiger partial charge is 0.145 e. The van der Waals surface area contributed by atoms with Gasteiger partial charge in [-0.05, 0) is 47.6 Å². The van der Waals surface area contributed by atoms with Crippen molar-refractivity contribution in [1.82, 2.24) is 19.5 Å². The van der Waals surface area contributed by atoms with Crippen LogP contribution in [-0.2, 0) is 20.1 Å². The molecular formula is C44H32IrN4O-2. The second-order valence-corrected chi connectivity index (χ2v) is 12.1. The monoisotopic (exact) mass is 825 g/mol. The Morgan fingerprint density at radius 3 is 2.16 bits per heavy atom. The summed E-state index contributed by atoms with van der Waals surface area (Å²) in [6.45, 7) is 4.38. The summed E-state index contributed by atoms with van der Waals surface area (Å²) in [4.78, 5) is 13.9. The minimum Gasteiger partial charge on any atom is -0.501 e. The van der Waals surface area contributed by atoms with E-state index in [-0.39, 0.29) is 20.1 Å². The van der Waals surface area contributed by atoms with E-state index in [1.54, 1.807) is 6.20 Å². The van der Waals surface area contributed by atoms with Gasteiger partial charge in [0.25, 0.3) is 0 Å². The van der Waals surface area contributed by atoms with E-state index in [0.29, 0.717) is 5.92 Å². The third-order valence-electron chi connectivity index (χ3n) is 8.61. The Morgan fingerprint density at radius 2 is 1.42 bits per heavy atom. The Labute approximate surface area is 304 Å². The molecule has 5 nitrogen and oxygen atoms in total. The second-order valence-electron chi connectivity index (χ2n) is 12.1. The van der Waals surface area contributed by atoms with E-state index < -0.39 is 0 Å². The quantitative estimate of drug-likeness (QED) is 0.162. The fourth-order valence-corrected chi connectivity index (χ4v) is 6.14. The number of imidazole rings is 1. The zero-order chi connectivity index (χ0) is 33.2. The van der Waals surface area contributed by atoms with Crippen LogP contribution in [0.1, 0.15) is 25.3 Å². The first-order valence-corrected chi connectivity index (χ1v) is 16.4. The fourth-order valence-electron chi connectivity index (χ4n) is 6.14. The second kappa shape index (κ2) is 14.4. The molecule has 0 saturated heterocycles. The zero-order valence-corrected chi connectivity index (χ0v) is 29.9. The Hall–Kier alpha value is -5.68. The summed E-state index contributed by atoms with van der Waals surface area (Å²) in [6.07, 6.45) is 3.66. The summed E-state index contributed by atoms with van der Waals surface area (Å²) in [5.74, 6) is 1.32. The van der Waals surface area contributed by atoms with E-state index in [1.165, 1.54) is 5.56 Å². The van der Waals surface area contributed by atoms with Crippen LogP contribution in [0.15, 0.2) is 156 Å². The summed E-state index contributed by atoms with van der Waals surface area (Å²) in [7, 11) is 0. The van der Waals surface area contributed by atoms with Gasteiger partial charge in [-0.2, -0.15) is 0 Å². The molecule has 0 fully saturated rings. The van der Waals surface area contributed by atoms with Crippen molar-refractivity contribution in [1.29, 1.82) is 0 Å². The molecule has 0 aliphatic heterocycles. The number of fused-ring (bicyclic) bond motifs is 4. The predicted octanol–water partition coefficient (Wildman–Crippen LogP) is 11.1. The molecule has 0 unspecified atom stereocenters. The van der Waals surface area contributed by atoms with Gasteiger partial charge in [-0.25, -0.2) is 4.98 Å². The van der Waals surface area contributed by atoms with Crippen molar-refractivity contribution in [3.8, 4) is 39.6 Å². The van der Waals surface area contributed by atoms with Crippen molar-refractivity contribution in [3.63, 3.8) is 0 Å². The molecule has 4 aromatic heterocycles. The summed E-state index contributed by atoms with van der Waals surface area (Å²) in [5, 5.41) is 2.10. The number of rotatable bonds is 5. The van der Waals surface area contributed by atoms with Gasteiger partial charge in [0.2, 0.25) is 0 Å². The van der Waals surface area contributed by atoms with Crippen molar-refractivity contribution in [2.75, 3.05) is 0 Å². The van der Waals surface area contributed by atoms with E-state index in [4.69, 9.17) is 9.40 Å². The van der Waals surface area contributed by atoms with Gasteiger partial charge in [0, 0.05) is 55.2 Å². The average molecular weight is 825 g/mol. The maximum absolute atomic E-state index is 6.49. The first kappa shape index (κ1) is 32.8. The normalized spacial score (nSPS) is 11.0. The van der Waals surface area contributed by atoms with Crippen LogP contribution in [0.2, 0.25) is 0 Å². The van der Waals surface area contributed by atoms with Crippen LogP contribution in [0.3, 0.4) is 0 Å². The van der Waals surface area contributed by atoms with Gasteiger partial charge in [0.15, 0.2) is 0 Å². The van der Waals surface area contributed by atoms with E-state index in [9.17, 15) is 0 Å². The number of pyridine rings is 2. The van der Waals surface area contributed by atoms with Crippen LogP contribution in [0.4, 0.5) is 0 Å². The van der Waals surface area contributed by atoms with Crippen LogP contribution in [0.25, 0.3) is 72.6 Å².